The van der Waals surface area contributed by atoms with Crippen molar-refractivity contribution >= 4 is 76.1 Å². The Hall–Kier alpha value is -7.37. The van der Waals surface area contributed by atoms with Gasteiger partial charge in [0, 0.05) is 38.6 Å². The molecule has 0 saturated heterocycles. The Bertz CT molecular complexity index is 3380. The Morgan fingerprint density at radius 2 is 1.11 bits per heavy atom. The summed E-state index contributed by atoms with van der Waals surface area (Å²) in [5.74, 6) is 2.08. The lowest BCUT2D eigenvalue weighted by Crippen LogP contribution is -2.08. The standard InChI is InChI=1S/C51H32N4O/c1-2-14-32(15-3-1)49-52-50(38-23-12-20-31-13-8-9-21-37(31)38)54-51(53-49)40-25-26-43(48-47(40)39-22-10-11-24-46(39)56-48)55-44-29-35-18-6-4-16-33(35)27-41(44)42-28-34-17-5-7-19-36(34)30-45(42)55/h1-14,16-30,32H,15H2. The minimum absolute atomic E-state index is 0.0357. The van der Waals surface area contributed by atoms with E-state index in [0.29, 0.717) is 11.6 Å². The number of benzene rings is 8. The summed E-state index contributed by atoms with van der Waals surface area (Å²) in [6, 6.07) is 53.9. The number of hydrogen-bond acceptors (Lipinski definition) is 4. The fourth-order valence-electron chi connectivity index (χ4n) is 8.82. The molecule has 262 valence electrons. The van der Waals surface area contributed by atoms with Gasteiger partial charge < -0.3 is 8.98 Å². The van der Waals surface area contributed by atoms with Crippen molar-refractivity contribution in [3.05, 3.63) is 182 Å². The normalized spacial score (nSPS) is 14.4. The molecular formula is C51H32N4O. The molecule has 0 saturated carbocycles. The van der Waals surface area contributed by atoms with Crippen molar-refractivity contribution in [3.8, 4) is 28.5 Å². The quantitative estimate of drug-likeness (QED) is 0.182. The van der Waals surface area contributed by atoms with Gasteiger partial charge in [0.15, 0.2) is 17.2 Å². The lowest BCUT2D eigenvalue weighted by atomic mass is 9.99. The second-order valence-electron chi connectivity index (χ2n) is 14.7. The number of fused-ring (bicyclic) bond motifs is 9. The van der Waals surface area contributed by atoms with Gasteiger partial charge in [0.05, 0.1) is 16.7 Å². The highest BCUT2D eigenvalue weighted by Gasteiger charge is 2.24. The number of aromatic nitrogens is 4. The second kappa shape index (κ2) is 12.1. The van der Waals surface area contributed by atoms with Gasteiger partial charge >= 0.3 is 0 Å². The largest absolute Gasteiger partial charge is 0.454 e. The third kappa shape index (κ3) is 4.71. The van der Waals surface area contributed by atoms with Crippen LogP contribution in [0.15, 0.2) is 180 Å². The molecule has 5 nitrogen and oxygen atoms in total. The monoisotopic (exact) mass is 716 g/mol. The van der Waals surface area contributed by atoms with E-state index in [-0.39, 0.29) is 5.92 Å². The number of allylic oxidation sites excluding steroid dienone is 4. The van der Waals surface area contributed by atoms with Crippen LogP contribution in [0.5, 0.6) is 0 Å². The summed E-state index contributed by atoms with van der Waals surface area (Å²) in [4.78, 5) is 15.8. The third-order valence-electron chi connectivity index (χ3n) is 11.5. The molecule has 1 atom stereocenters. The van der Waals surface area contributed by atoms with E-state index in [4.69, 9.17) is 19.4 Å². The van der Waals surface area contributed by atoms with E-state index in [9.17, 15) is 0 Å². The number of para-hydroxylation sites is 1. The van der Waals surface area contributed by atoms with Crippen LogP contribution in [-0.4, -0.2) is 19.5 Å². The summed E-state index contributed by atoms with van der Waals surface area (Å²) in [6.45, 7) is 0. The maximum atomic E-state index is 6.95. The van der Waals surface area contributed by atoms with Crippen LogP contribution in [-0.2, 0) is 0 Å². The van der Waals surface area contributed by atoms with Crippen LogP contribution in [0.2, 0.25) is 0 Å². The highest BCUT2D eigenvalue weighted by Crippen LogP contribution is 2.44. The van der Waals surface area contributed by atoms with Gasteiger partial charge in [0.1, 0.15) is 11.4 Å². The van der Waals surface area contributed by atoms with E-state index in [1.807, 2.05) is 6.07 Å². The molecule has 0 bridgehead atoms. The summed E-state index contributed by atoms with van der Waals surface area (Å²) in [5.41, 5.74) is 6.72. The molecule has 5 heteroatoms. The predicted molar refractivity (Wildman–Crippen MR) is 230 cm³/mol. The molecule has 11 aromatic rings. The Morgan fingerprint density at radius 3 is 1.80 bits per heavy atom. The Morgan fingerprint density at radius 1 is 0.500 bits per heavy atom. The summed E-state index contributed by atoms with van der Waals surface area (Å²) >= 11 is 0. The molecule has 3 heterocycles. The number of nitrogens with zero attached hydrogens (tertiary/aromatic N) is 4. The lowest BCUT2D eigenvalue weighted by molar-refractivity contribution is 0.666. The number of hydrogen-bond donors (Lipinski definition) is 0. The van der Waals surface area contributed by atoms with Crippen LogP contribution in [0, 0.1) is 0 Å². The van der Waals surface area contributed by atoms with Crippen LogP contribution < -0.4 is 0 Å². The maximum absolute atomic E-state index is 6.95. The number of rotatable bonds is 4. The zero-order valence-electron chi connectivity index (χ0n) is 30.2. The van der Waals surface area contributed by atoms with E-state index in [1.54, 1.807) is 0 Å². The van der Waals surface area contributed by atoms with Gasteiger partial charge in [-0.3, -0.25) is 0 Å². The molecule has 0 radical (unpaired) electrons. The fourth-order valence-corrected chi connectivity index (χ4v) is 8.82. The molecule has 0 fully saturated rings. The molecule has 0 spiro atoms. The van der Waals surface area contributed by atoms with E-state index in [1.165, 1.54) is 32.3 Å². The van der Waals surface area contributed by atoms with E-state index in [2.05, 4.69) is 174 Å². The van der Waals surface area contributed by atoms with Crippen LogP contribution in [0.4, 0.5) is 0 Å². The summed E-state index contributed by atoms with van der Waals surface area (Å²) in [7, 11) is 0. The van der Waals surface area contributed by atoms with Gasteiger partial charge in [-0.2, -0.15) is 0 Å². The molecule has 1 aliphatic rings. The molecule has 0 amide bonds. The molecule has 0 N–H and O–H groups in total. The highest BCUT2D eigenvalue weighted by molar-refractivity contribution is 6.19. The van der Waals surface area contributed by atoms with Crippen molar-refractivity contribution in [3.63, 3.8) is 0 Å². The summed E-state index contributed by atoms with van der Waals surface area (Å²) in [6.07, 6.45) is 9.37. The lowest BCUT2D eigenvalue weighted by Gasteiger charge is -2.16. The van der Waals surface area contributed by atoms with Crippen molar-refractivity contribution in [1.29, 1.82) is 0 Å². The van der Waals surface area contributed by atoms with Crippen LogP contribution in [0.1, 0.15) is 18.2 Å². The van der Waals surface area contributed by atoms with Gasteiger partial charge in [-0.1, -0.05) is 133 Å². The van der Waals surface area contributed by atoms with Crippen LogP contribution in [0.3, 0.4) is 0 Å². The van der Waals surface area contributed by atoms with E-state index < -0.39 is 0 Å². The average molecular weight is 717 g/mol. The molecular weight excluding hydrogens is 685 g/mol. The average Bonchev–Trinajstić information content (AvgIpc) is 3.80. The minimum Gasteiger partial charge on any atom is -0.454 e. The Balaban J connectivity index is 1.17. The second-order valence-corrected chi connectivity index (χ2v) is 14.7. The van der Waals surface area contributed by atoms with E-state index >= 15 is 0 Å². The summed E-state index contributed by atoms with van der Waals surface area (Å²) in [5, 5.41) is 11.5. The van der Waals surface area contributed by atoms with Crippen LogP contribution >= 0.6 is 0 Å². The molecule has 56 heavy (non-hydrogen) atoms. The fraction of sp³-hybridized carbons (Fsp3) is 0.0392. The van der Waals surface area contributed by atoms with Crippen molar-refractivity contribution in [2.45, 2.75) is 12.3 Å². The van der Waals surface area contributed by atoms with Gasteiger partial charge in [-0.15, -0.1) is 0 Å². The van der Waals surface area contributed by atoms with Crippen molar-refractivity contribution in [2.24, 2.45) is 0 Å². The zero-order chi connectivity index (χ0) is 36.7. The highest BCUT2D eigenvalue weighted by atomic mass is 16.3. The third-order valence-corrected chi connectivity index (χ3v) is 11.5. The SMILES string of the molecule is C1=CCC(c2nc(-c3cccc4ccccc34)nc(-c3ccc(-n4c5cc6ccccc6cc5c5cc6ccccc6cc54)c4oc5ccccc5c34)n2)C=C1. The van der Waals surface area contributed by atoms with Gasteiger partial charge in [0.25, 0.3) is 0 Å². The molecule has 3 aromatic heterocycles. The molecule has 12 rings (SSSR count). The first-order valence-corrected chi connectivity index (χ1v) is 19.1. The first kappa shape index (κ1) is 31.0. The zero-order valence-corrected chi connectivity index (χ0v) is 30.2. The molecule has 1 aliphatic carbocycles. The smallest absolute Gasteiger partial charge is 0.164 e. The number of furan rings is 1. The van der Waals surface area contributed by atoms with E-state index in [0.717, 1.165) is 72.8 Å². The minimum atomic E-state index is 0.0357. The first-order valence-electron chi connectivity index (χ1n) is 19.1. The molecule has 0 aliphatic heterocycles. The van der Waals surface area contributed by atoms with Gasteiger partial charge in [-0.05, 0) is 81.2 Å². The van der Waals surface area contributed by atoms with Gasteiger partial charge in [-0.25, -0.2) is 15.0 Å². The molecule has 8 aromatic carbocycles. The van der Waals surface area contributed by atoms with Crippen molar-refractivity contribution in [2.75, 3.05) is 0 Å². The Labute approximate surface area is 321 Å². The van der Waals surface area contributed by atoms with Crippen LogP contribution in [0.25, 0.3) is 105 Å². The topological polar surface area (TPSA) is 56.7 Å². The molecule has 1 unspecified atom stereocenters. The summed E-state index contributed by atoms with van der Waals surface area (Å²) < 4.78 is 9.34. The van der Waals surface area contributed by atoms with Crippen molar-refractivity contribution < 1.29 is 4.42 Å². The Kier molecular flexibility index (Phi) is 6.69. The van der Waals surface area contributed by atoms with Gasteiger partial charge in [0.2, 0.25) is 0 Å². The maximum Gasteiger partial charge on any atom is 0.164 e. The van der Waals surface area contributed by atoms with Crippen molar-refractivity contribution in [1.82, 2.24) is 19.5 Å². The predicted octanol–water partition coefficient (Wildman–Crippen LogP) is 13.3. The first-order chi connectivity index (χ1) is 27.7.